The Labute approximate surface area is 168 Å². The van der Waals surface area contributed by atoms with E-state index >= 15 is 0 Å². The van der Waals surface area contributed by atoms with Crippen molar-refractivity contribution in [3.63, 3.8) is 0 Å². The highest BCUT2D eigenvalue weighted by molar-refractivity contribution is 5.79. The van der Waals surface area contributed by atoms with Crippen molar-refractivity contribution >= 4 is 5.91 Å². The van der Waals surface area contributed by atoms with Crippen molar-refractivity contribution in [2.75, 3.05) is 13.1 Å². The molecule has 3 heteroatoms. The first-order valence-corrected chi connectivity index (χ1v) is 10.9. The number of piperidine rings is 1. The third kappa shape index (κ3) is 3.16. The molecule has 3 atom stereocenters. The van der Waals surface area contributed by atoms with Crippen LogP contribution in [0.3, 0.4) is 0 Å². The van der Waals surface area contributed by atoms with Crippen LogP contribution in [0.4, 0.5) is 0 Å². The number of nitrogens with zero attached hydrogens (tertiary/aromatic N) is 1. The first kappa shape index (κ1) is 17.9. The van der Waals surface area contributed by atoms with Crippen molar-refractivity contribution in [3.8, 4) is 11.1 Å². The molecule has 3 saturated heterocycles. The lowest BCUT2D eigenvalue weighted by Crippen LogP contribution is -2.72. The zero-order valence-electron chi connectivity index (χ0n) is 16.7. The van der Waals surface area contributed by atoms with Gasteiger partial charge in [0, 0.05) is 37.0 Å². The highest BCUT2D eigenvalue weighted by atomic mass is 16.2. The maximum atomic E-state index is 12.9. The summed E-state index contributed by atoms with van der Waals surface area (Å²) in [6.45, 7) is 3.91. The third-order valence-corrected chi connectivity index (χ3v) is 7.15. The fourth-order valence-electron chi connectivity index (χ4n) is 5.56. The molecular weight excluding hydrogens is 344 g/mol. The number of aryl methyl sites for hydroxylation is 1. The minimum absolute atomic E-state index is 0.290. The van der Waals surface area contributed by atoms with E-state index in [9.17, 15) is 4.79 Å². The molecule has 2 bridgehead atoms. The number of benzene rings is 2. The predicted octanol–water partition coefficient (Wildman–Crippen LogP) is 4.51. The molecule has 3 heterocycles. The molecule has 4 fully saturated rings. The van der Waals surface area contributed by atoms with E-state index in [-0.39, 0.29) is 5.92 Å². The molecule has 1 aliphatic carbocycles. The first-order chi connectivity index (χ1) is 13.7. The largest absolute Gasteiger partial charge is 0.339 e. The molecule has 146 valence electrons. The summed E-state index contributed by atoms with van der Waals surface area (Å²) in [6.07, 6.45) is 5.96. The number of carbonyl (C=O) groups is 1. The zero-order chi connectivity index (χ0) is 19.1. The van der Waals surface area contributed by atoms with E-state index in [2.05, 4.69) is 65.7 Å². The van der Waals surface area contributed by atoms with Gasteiger partial charge in [0.25, 0.3) is 0 Å². The highest BCUT2D eigenvalue weighted by Gasteiger charge is 2.48. The Morgan fingerprint density at radius 3 is 2.29 bits per heavy atom. The second kappa shape index (κ2) is 7.36. The molecule has 4 aliphatic rings. The molecule has 0 spiro atoms. The molecule has 1 unspecified atom stereocenters. The molecule has 6 rings (SSSR count). The van der Waals surface area contributed by atoms with Crippen LogP contribution in [0.1, 0.15) is 49.1 Å². The minimum atomic E-state index is 0.290. The summed E-state index contributed by atoms with van der Waals surface area (Å²) in [5.41, 5.74) is 5.32. The van der Waals surface area contributed by atoms with E-state index in [1.165, 1.54) is 41.5 Å². The summed E-state index contributed by atoms with van der Waals surface area (Å²) in [4.78, 5) is 15.0. The normalized spacial score (nSPS) is 27.3. The summed E-state index contributed by atoms with van der Waals surface area (Å²) in [5, 5.41) is 3.68. The quantitative estimate of drug-likeness (QED) is 0.857. The number of nitrogens with one attached hydrogen (secondary N) is 1. The summed E-state index contributed by atoms with van der Waals surface area (Å²) < 4.78 is 0. The summed E-state index contributed by atoms with van der Waals surface area (Å²) >= 11 is 0. The highest BCUT2D eigenvalue weighted by Crippen LogP contribution is 2.39. The minimum Gasteiger partial charge on any atom is -0.339 e. The van der Waals surface area contributed by atoms with Crippen molar-refractivity contribution in [1.29, 1.82) is 0 Å². The number of rotatable bonds is 3. The number of amides is 1. The van der Waals surface area contributed by atoms with Crippen LogP contribution in [0.25, 0.3) is 11.1 Å². The van der Waals surface area contributed by atoms with Gasteiger partial charge in [-0.2, -0.15) is 0 Å². The Balaban J connectivity index is 1.27. The lowest BCUT2D eigenvalue weighted by Gasteiger charge is -2.55. The van der Waals surface area contributed by atoms with Crippen LogP contribution >= 0.6 is 0 Å². The predicted molar refractivity (Wildman–Crippen MR) is 113 cm³/mol. The van der Waals surface area contributed by atoms with Crippen LogP contribution in [0, 0.1) is 12.8 Å². The van der Waals surface area contributed by atoms with Gasteiger partial charge in [-0.1, -0.05) is 67.8 Å². The Morgan fingerprint density at radius 2 is 1.61 bits per heavy atom. The van der Waals surface area contributed by atoms with Gasteiger partial charge in [-0.25, -0.2) is 0 Å². The maximum Gasteiger partial charge on any atom is 0.225 e. The standard InChI is InChI=1S/C25H30N2O/c1-17-7-5-6-10-21(17)18-11-13-19(14-12-18)24-22-15-27(16-23(24)26-22)25(28)20-8-3-2-4-9-20/h5-7,10-14,20,22-24,26H,2-4,8-9,15-16H2,1H3/t22-,23+,24?. The van der Waals surface area contributed by atoms with Gasteiger partial charge in [-0.05, 0) is 42.0 Å². The number of piperazine rings is 1. The topological polar surface area (TPSA) is 32.3 Å². The van der Waals surface area contributed by atoms with Crippen LogP contribution in [0.15, 0.2) is 48.5 Å². The fourth-order valence-corrected chi connectivity index (χ4v) is 5.56. The Morgan fingerprint density at radius 1 is 0.929 bits per heavy atom. The van der Waals surface area contributed by atoms with E-state index in [0.29, 0.717) is 23.9 Å². The van der Waals surface area contributed by atoms with E-state index in [0.717, 1.165) is 25.9 Å². The molecule has 2 aromatic rings. The molecule has 3 nitrogen and oxygen atoms in total. The van der Waals surface area contributed by atoms with Crippen LogP contribution in [0.2, 0.25) is 0 Å². The monoisotopic (exact) mass is 374 g/mol. The van der Waals surface area contributed by atoms with E-state index < -0.39 is 0 Å². The van der Waals surface area contributed by atoms with Crippen molar-refractivity contribution in [2.45, 2.75) is 57.0 Å². The average Bonchev–Trinajstić information content (AvgIpc) is 2.75. The van der Waals surface area contributed by atoms with Gasteiger partial charge in [-0.15, -0.1) is 0 Å². The van der Waals surface area contributed by atoms with Gasteiger partial charge in [0.15, 0.2) is 0 Å². The molecule has 2 aromatic carbocycles. The number of hydrogen-bond acceptors (Lipinski definition) is 2. The molecule has 0 aromatic heterocycles. The molecule has 1 N–H and O–H groups in total. The molecule has 0 radical (unpaired) electrons. The molecule has 28 heavy (non-hydrogen) atoms. The molecular formula is C25H30N2O. The zero-order valence-corrected chi connectivity index (χ0v) is 16.7. The van der Waals surface area contributed by atoms with Crippen molar-refractivity contribution in [2.24, 2.45) is 5.92 Å². The summed E-state index contributed by atoms with van der Waals surface area (Å²) in [7, 11) is 0. The lowest BCUT2D eigenvalue weighted by atomic mass is 9.73. The second-order valence-corrected chi connectivity index (χ2v) is 8.92. The Bertz CT molecular complexity index is 841. The van der Waals surface area contributed by atoms with E-state index in [4.69, 9.17) is 0 Å². The van der Waals surface area contributed by atoms with E-state index in [1.807, 2.05) is 0 Å². The van der Waals surface area contributed by atoms with Crippen LogP contribution in [-0.2, 0) is 4.79 Å². The van der Waals surface area contributed by atoms with E-state index in [1.54, 1.807) is 0 Å². The van der Waals surface area contributed by atoms with Crippen molar-refractivity contribution in [1.82, 2.24) is 10.2 Å². The van der Waals surface area contributed by atoms with Gasteiger partial charge in [0.05, 0.1) is 0 Å². The number of carbonyl (C=O) groups excluding carboxylic acids is 1. The van der Waals surface area contributed by atoms with Gasteiger partial charge in [0.2, 0.25) is 5.91 Å². The van der Waals surface area contributed by atoms with Gasteiger partial charge < -0.3 is 10.2 Å². The maximum absolute atomic E-state index is 12.9. The van der Waals surface area contributed by atoms with Crippen LogP contribution < -0.4 is 5.32 Å². The van der Waals surface area contributed by atoms with Crippen LogP contribution in [-0.4, -0.2) is 36.0 Å². The third-order valence-electron chi connectivity index (χ3n) is 7.15. The SMILES string of the molecule is Cc1ccccc1-c1ccc(C2[C@@H]3CN(C(=O)C4CCCCC4)C[C@H]2N3)cc1. The van der Waals surface area contributed by atoms with Gasteiger partial charge >= 0.3 is 0 Å². The Kier molecular flexibility index (Phi) is 4.72. The molecule has 1 saturated carbocycles. The average molecular weight is 375 g/mol. The summed E-state index contributed by atoms with van der Waals surface area (Å²) in [6, 6.07) is 18.5. The van der Waals surface area contributed by atoms with Gasteiger partial charge in [0.1, 0.15) is 0 Å². The van der Waals surface area contributed by atoms with Crippen LogP contribution in [0.5, 0.6) is 0 Å². The second-order valence-electron chi connectivity index (χ2n) is 8.92. The Hall–Kier alpha value is -2.13. The molecule has 3 aliphatic heterocycles. The van der Waals surface area contributed by atoms with Crippen molar-refractivity contribution < 1.29 is 4.79 Å². The van der Waals surface area contributed by atoms with Gasteiger partial charge in [-0.3, -0.25) is 4.79 Å². The molecule has 1 amide bonds. The lowest BCUT2D eigenvalue weighted by molar-refractivity contribution is -0.141. The van der Waals surface area contributed by atoms with Crippen molar-refractivity contribution in [3.05, 3.63) is 59.7 Å². The number of hydrogen-bond donors (Lipinski definition) is 1. The smallest absolute Gasteiger partial charge is 0.225 e. The first-order valence-electron chi connectivity index (χ1n) is 10.9. The summed E-state index contributed by atoms with van der Waals surface area (Å²) in [5.74, 6) is 1.25. The number of fused-ring (bicyclic) bond motifs is 2. The fraction of sp³-hybridized carbons (Fsp3) is 0.480.